The molecule has 6 heteroatoms. The number of nitrogens with zero attached hydrogens (tertiary/aromatic N) is 4. The summed E-state index contributed by atoms with van der Waals surface area (Å²) in [7, 11) is 1.48. The minimum absolute atomic E-state index is 0.241. The Morgan fingerprint density at radius 2 is 1.83 bits per heavy atom. The lowest BCUT2D eigenvalue weighted by Crippen LogP contribution is -2.44. The number of hydrogen-bond acceptors (Lipinski definition) is 5. The first kappa shape index (κ1) is 15.6. The van der Waals surface area contributed by atoms with Crippen molar-refractivity contribution in [3.05, 3.63) is 24.3 Å². The number of methoxy groups -OCH3 is 1. The van der Waals surface area contributed by atoms with Gasteiger partial charge in [-0.2, -0.15) is 0 Å². The quantitative estimate of drug-likeness (QED) is 0.866. The monoisotopic (exact) mass is 330 g/mol. The van der Waals surface area contributed by atoms with E-state index in [9.17, 15) is 4.39 Å². The first-order valence-corrected chi connectivity index (χ1v) is 8.73. The van der Waals surface area contributed by atoms with Crippen molar-refractivity contribution >= 4 is 16.7 Å². The molecule has 2 aliphatic rings. The Hall–Kier alpha value is -1.95. The highest BCUT2D eigenvalue weighted by Gasteiger charge is 2.27. The molecule has 0 amide bonds. The lowest BCUT2D eigenvalue weighted by Gasteiger charge is -2.37. The molecule has 0 atom stereocenters. The highest BCUT2D eigenvalue weighted by atomic mass is 19.1. The van der Waals surface area contributed by atoms with Gasteiger partial charge in [-0.05, 0) is 44.8 Å². The van der Waals surface area contributed by atoms with E-state index < -0.39 is 0 Å². The average molecular weight is 330 g/mol. The molecule has 5 nitrogen and oxygen atoms in total. The van der Waals surface area contributed by atoms with Crippen molar-refractivity contribution < 1.29 is 9.13 Å². The number of piperidine rings is 1. The van der Waals surface area contributed by atoms with Gasteiger partial charge in [-0.1, -0.05) is 0 Å². The second-order valence-corrected chi connectivity index (χ2v) is 6.66. The summed E-state index contributed by atoms with van der Waals surface area (Å²) in [5, 5.41) is 0.857. The van der Waals surface area contributed by atoms with E-state index in [0.717, 1.165) is 37.1 Å². The van der Waals surface area contributed by atoms with Crippen molar-refractivity contribution in [1.29, 1.82) is 0 Å². The SMILES string of the molecule is COc1cc2c(N3CCC(N4CCCC4)CC3)ncnc2cc1F. The molecule has 0 unspecified atom stereocenters. The molecule has 1 aromatic carbocycles. The Morgan fingerprint density at radius 3 is 2.54 bits per heavy atom. The molecule has 0 spiro atoms. The van der Waals surface area contributed by atoms with Gasteiger partial charge in [0.05, 0.1) is 12.6 Å². The fourth-order valence-electron chi connectivity index (χ4n) is 4.00. The van der Waals surface area contributed by atoms with Crippen LogP contribution in [-0.2, 0) is 0 Å². The fourth-order valence-corrected chi connectivity index (χ4v) is 4.00. The molecule has 0 radical (unpaired) electrons. The van der Waals surface area contributed by atoms with Crippen molar-refractivity contribution in [2.45, 2.75) is 31.7 Å². The molecule has 2 aromatic rings. The van der Waals surface area contributed by atoms with Crippen LogP contribution >= 0.6 is 0 Å². The number of ether oxygens (including phenoxy) is 1. The predicted molar refractivity (Wildman–Crippen MR) is 92.1 cm³/mol. The summed E-state index contributed by atoms with van der Waals surface area (Å²) in [6.07, 6.45) is 6.51. The summed E-state index contributed by atoms with van der Waals surface area (Å²) < 4.78 is 19.0. The van der Waals surface area contributed by atoms with Gasteiger partial charge in [0.15, 0.2) is 11.6 Å². The fraction of sp³-hybridized carbons (Fsp3) is 0.556. The molecule has 0 saturated carbocycles. The summed E-state index contributed by atoms with van der Waals surface area (Å²) in [6.45, 7) is 4.45. The van der Waals surface area contributed by atoms with Crippen LogP contribution in [0.15, 0.2) is 18.5 Å². The molecule has 1 aromatic heterocycles. The Labute approximate surface area is 141 Å². The van der Waals surface area contributed by atoms with Gasteiger partial charge >= 0.3 is 0 Å². The van der Waals surface area contributed by atoms with Gasteiger partial charge in [0.25, 0.3) is 0 Å². The van der Waals surface area contributed by atoms with E-state index in [0.29, 0.717) is 11.6 Å². The minimum atomic E-state index is -0.387. The number of likely N-dealkylation sites (tertiary alicyclic amines) is 1. The number of fused-ring (bicyclic) bond motifs is 1. The zero-order chi connectivity index (χ0) is 16.5. The van der Waals surface area contributed by atoms with E-state index in [1.165, 1.54) is 45.4 Å². The molecule has 2 aliphatic heterocycles. The smallest absolute Gasteiger partial charge is 0.167 e. The maximum absolute atomic E-state index is 13.9. The average Bonchev–Trinajstić information content (AvgIpc) is 3.15. The van der Waals surface area contributed by atoms with E-state index in [1.807, 2.05) is 0 Å². The molecule has 2 saturated heterocycles. The number of anilines is 1. The van der Waals surface area contributed by atoms with E-state index in [4.69, 9.17) is 4.74 Å². The zero-order valence-electron chi connectivity index (χ0n) is 14.0. The van der Waals surface area contributed by atoms with Crippen LogP contribution in [0, 0.1) is 5.82 Å². The Morgan fingerprint density at radius 1 is 1.08 bits per heavy atom. The normalized spacial score (nSPS) is 20.0. The molecule has 3 heterocycles. The van der Waals surface area contributed by atoms with Crippen LogP contribution in [0.1, 0.15) is 25.7 Å². The van der Waals surface area contributed by atoms with Crippen LogP contribution in [0.2, 0.25) is 0 Å². The third-order valence-corrected chi connectivity index (χ3v) is 5.31. The van der Waals surface area contributed by atoms with Crippen LogP contribution in [0.25, 0.3) is 10.9 Å². The second-order valence-electron chi connectivity index (χ2n) is 6.66. The largest absolute Gasteiger partial charge is 0.494 e. The molecular formula is C18H23FN4O. The summed E-state index contributed by atoms with van der Waals surface area (Å²) in [5.41, 5.74) is 0.625. The molecule has 0 N–H and O–H groups in total. The van der Waals surface area contributed by atoms with E-state index >= 15 is 0 Å². The van der Waals surface area contributed by atoms with Crippen molar-refractivity contribution in [2.24, 2.45) is 0 Å². The van der Waals surface area contributed by atoms with Crippen LogP contribution < -0.4 is 9.64 Å². The van der Waals surface area contributed by atoms with Crippen LogP contribution in [0.4, 0.5) is 10.2 Å². The summed E-state index contributed by atoms with van der Waals surface area (Å²) in [5.74, 6) is 0.742. The Balaban J connectivity index is 1.58. The van der Waals surface area contributed by atoms with Gasteiger partial charge in [0, 0.05) is 30.6 Å². The number of halogens is 1. The molecular weight excluding hydrogens is 307 g/mol. The highest BCUT2D eigenvalue weighted by molar-refractivity contribution is 5.90. The minimum Gasteiger partial charge on any atom is -0.494 e. The van der Waals surface area contributed by atoms with Crippen molar-refractivity contribution in [2.75, 3.05) is 38.2 Å². The Bertz CT molecular complexity index is 724. The van der Waals surface area contributed by atoms with E-state index in [2.05, 4.69) is 19.8 Å². The number of benzene rings is 1. The van der Waals surface area contributed by atoms with Gasteiger partial charge in [-0.25, -0.2) is 14.4 Å². The number of aromatic nitrogens is 2. The van der Waals surface area contributed by atoms with Gasteiger partial charge in [0.1, 0.15) is 12.1 Å². The lowest BCUT2D eigenvalue weighted by atomic mass is 10.0. The zero-order valence-corrected chi connectivity index (χ0v) is 14.0. The third kappa shape index (κ3) is 2.79. The van der Waals surface area contributed by atoms with Crippen molar-refractivity contribution in [1.82, 2.24) is 14.9 Å². The van der Waals surface area contributed by atoms with Gasteiger partial charge in [-0.3, -0.25) is 0 Å². The summed E-state index contributed by atoms with van der Waals surface area (Å²) >= 11 is 0. The molecule has 0 aliphatic carbocycles. The number of hydrogen-bond donors (Lipinski definition) is 0. The summed E-state index contributed by atoms with van der Waals surface area (Å²) in [6, 6.07) is 3.84. The van der Waals surface area contributed by atoms with Crippen LogP contribution in [0.3, 0.4) is 0 Å². The molecule has 2 fully saturated rings. The van der Waals surface area contributed by atoms with Crippen LogP contribution in [0.5, 0.6) is 5.75 Å². The van der Waals surface area contributed by atoms with Gasteiger partial charge < -0.3 is 14.5 Å². The molecule has 0 bridgehead atoms. The van der Waals surface area contributed by atoms with Gasteiger partial charge in [0.2, 0.25) is 0 Å². The Kier molecular flexibility index (Phi) is 4.22. The van der Waals surface area contributed by atoms with Gasteiger partial charge in [-0.15, -0.1) is 0 Å². The standard InChI is InChI=1S/C18H23FN4O/c1-24-17-10-14-16(11-15(17)19)20-12-21-18(14)23-8-4-13(5-9-23)22-6-2-3-7-22/h10-13H,2-9H2,1H3. The molecule has 24 heavy (non-hydrogen) atoms. The first-order valence-electron chi connectivity index (χ1n) is 8.73. The molecule has 128 valence electrons. The van der Waals surface area contributed by atoms with E-state index in [1.54, 1.807) is 6.07 Å². The second kappa shape index (κ2) is 6.51. The highest BCUT2D eigenvalue weighted by Crippen LogP contribution is 2.31. The van der Waals surface area contributed by atoms with Crippen molar-refractivity contribution in [3.8, 4) is 5.75 Å². The maximum atomic E-state index is 13.9. The predicted octanol–water partition coefficient (Wildman–Crippen LogP) is 2.84. The lowest BCUT2D eigenvalue weighted by molar-refractivity contribution is 0.208. The first-order chi connectivity index (χ1) is 11.8. The maximum Gasteiger partial charge on any atom is 0.167 e. The third-order valence-electron chi connectivity index (χ3n) is 5.31. The number of rotatable bonds is 3. The topological polar surface area (TPSA) is 41.5 Å². The summed E-state index contributed by atoms with van der Waals surface area (Å²) in [4.78, 5) is 13.6. The van der Waals surface area contributed by atoms with E-state index in [-0.39, 0.29) is 11.6 Å². The van der Waals surface area contributed by atoms with Crippen molar-refractivity contribution in [3.63, 3.8) is 0 Å². The molecule has 4 rings (SSSR count). The van der Waals surface area contributed by atoms with Crippen LogP contribution in [-0.4, -0.2) is 54.2 Å².